The zero-order valence-corrected chi connectivity index (χ0v) is 15.0. The number of nitrogens with zero attached hydrogens (tertiary/aromatic N) is 2. The average molecular weight is 338 g/mol. The predicted molar refractivity (Wildman–Crippen MR) is 101 cm³/mol. The molecule has 4 heteroatoms. The van der Waals surface area contributed by atoms with Crippen LogP contribution in [0.3, 0.4) is 0 Å². The number of amides is 1. The molecule has 4 rings (SSSR count). The van der Waals surface area contributed by atoms with E-state index in [-0.39, 0.29) is 11.3 Å². The van der Waals surface area contributed by atoms with Gasteiger partial charge in [-0.15, -0.1) is 0 Å². The molecule has 1 fully saturated rings. The van der Waals surface area contributed by atoms with Crippen LogP contribution in [-0.4, -0.2) is 35.0 Å². The van der Waals surface area contributed by atoms with E-state index in [1.165, 1.54) is 26.6 Å². The van der Waals surface area contributed by atoms with Crippen molar-refractivity contribution in [1.82, 2.24) is 4.90 Å². The second kappa shape index (κ2) is 6.25. The summed E-state index contributed by atoms with van der Waals surface area (Å²) in [5.41, 5.74) is 2.58. The van der Waals surface area contributed by atoms with Crippen LogP contribution < -0.4 is 10.4 Å². The quantitative estimate of drug-likeness (QED) is 0.787. The molecule has 3 nitrogen and oxygen atoms in total. The van der Waals surface area contributed by atoms with E-state index in [9.17, 15) is 4.79 Å². The lowest BCUT2D eigenvalue weighted by Crippen LogP contribution is -2.40. The number of thioether (sulfide) groups is 1. The molecular formula is C20H22N2OS. The van der Waals surface area contributed by atoms with Gasteiger partial charge in [0, 0.05) is 24.9 Å². The minimum Gasteiger partial charge on any atom is -0.343 e. The van der Waals surface area contributed by atoms with Crippen molar-refractivity contribution in [3.8, 4) is 0 Å². The van der Waals surface area contributed by atoms with E-state index in [1.54, 1.807) is 6.92 Å². The number of benzene rings is 1. The van der Waals surface area contributed by atoms with Crippen molar-refractivity contribution < 1.29 is 4.79 Å². The Bertz CT molecular complexity index is 860. The molecule has 1 amide bonds. The highest BCUT2D eigenvalue weighted by Crippen LogP contribution is 2.38. The molecule has 1 aromatic rings. The van der Waals surface area contributed by atoms with Gasteiger partial charge in [-0.2, -0.15) is 0 Å². The lowest BCUT2D eigenvalue weighted by atomic mass is 9.84. The van der Waals surface area contributed by atoms with Crippen LogP contribution in [0.2, 0.25) is 0 Å². The molecular weight excluding hydrogens is 316 g/mol. The molecule has 2 heterocycles. The third-order valence-corrected chi connectivity index (χ3v) is 6.14. The molecule has 1 atom stereocenters. The van der Waals surface area contributed by atoms with E-state index in [0.717, 1.165) is 25.9 Å². The summed E-state index contributed by atoms with van der Waals surface area (Å²) in [6.07, 6.45) is 6.50. The smallest absolute Gasteiger partial charge is 0.219 e. The summed E-state index contributed by atoms with van der Waals surface area (Å²) < 4.78 is 0. The van der Waals surface area contributed by atoms with Crippen LogP contribution in [0.4, 0.5) is 0 Å². The number of fused-ring (bicyclic) bond motifs is 2. The monoisotopic (exact) mass is 338 g/mol. The minimum absolute atomic E-state index is 0.191. The van der Waals surface area contributed by atoms with Crippen LogP contribution in [0.1, 0.15) is 26.7 Å². The first-order valence-electron chi connectivity index (χ1n) is 8.65. The Kier molecular flexibility index (Phi) is 4.09. The van der Waals surface area contributed by atoms with Crippen LogP contribution in [0, 0.1) is 5.92 Å². The van der Waals surface area contributed by atoms with Crippen molar-refractivity contribution in [1.29, 1.82) is 0 Å². The van der Waals surface area contributed by atoms with Crippen molar-refractivity contribution in [2.75, 3.05) is 13.1 Å². The summed E-state index contributed by atoms with van der Waals surface area (Å²) in [5, 5.41) is 2.88. The maximum absolute atomic E-state index is 11.6. The molecule has 0 saturated carbocycles. The van der Waals surface area contributed by atoms with Crippen LogP contribution in [0.25, 0.3) is 11.6 Å². The highest BCUT2D eigenvalue weighted by molar-refractivity contribution is 8.05. The number of hydrogen-bond donors (Lipinski definition) is 0. The molecule has 0 spiro atoms. The third-order valence-electron chi connectivity index (χ3n) is 5.11. The van der Waals surface area contributed by atoms with E-state index in [1.807, 2.05) is 16.7 Å². The first-order valence-corrected chi connectivity index (χ1v) is 9.53. The molecule has 0 radical (unpaired) electrons. The number of rotatable bonds is 1. The van der Waals surface area contributed by atoms with Crippen molar-refractivity contribution in [3.05, 3.63) is 45.7 Å². The largest absolute Gasteiger partial charge is 0.343 e. The first kappa shape index (κ1) is 15.7. The Labute approximate surface area is 146 Å². The molecule has 0 bridgehead atoms. The van der Waals surface area contributed by atoms with Crippen LogP contribution in [0.5, 0.6) is 0 Å². The van der Waals surface area contributed by atoms with Gasteiger partial charge < -0.3 is 4.90 Å². The summed E-state index contributed by atoms with van der Waals surface area (Å²) in [6.45, 7) is 5.54. The van der Waals surface area contributed by atoms with Gasteiger partial charge in [-0.3, -0.25) is 9.79 Å². The van der Waals surface area contributed by atoms with Gasteiger partial charge in [0.15, 0.2) is 0 Å². The number of aliphatic imine (C=N–C) groups is 1. The molecule has 24 heavy (non-hydrogen) atoms. The van der Waals surface area contributed by atoms with Gasteiger partial charge in [-0.1, -0.05) is 42.1 Å². The Morgan fingerprint density at radius 1 is 1.21 bits per heavy atom. The highest BCUT2D eigenvalue weighted by atomic mass is 32.2. The third kappa shape index (κ3) is 2.73. The van der Waals surface area contributed by atoms with Crippen LogP contribution in [-0.2, 0) is 4.79 Å². The first-order chi connectivity index (χ1) is 11.6. The Morgan fingerprint density at radius 2 is 1.96 bits per heavy atom. The second-order valence-electron chi connectivity index (χ2n) is 6.67. The molecule has 1 aromatic carbocycles. The SMILES string of the molecule is CC(=O)N1CCC(C2=c3ccccc3=CC=C3SC(C)N=C32)CC1. The van der Waals surface area contributed by atoms with Crippen LogP contribution in [0.15, 0.2) is 40.2 Å². The van der Waals surface area contributed by atoms with Gasteiger partial charge >= 0.3 is 0 Å². The topological polar surface area (TPSA) is 32.7 Å². The fraction of sp³-hybridized carbons (Fsp3) is 0.400. The Balaban J connectivity index is 1.81. The van der Waals surface area contributed by atoms with Crippen molar-refractivity contribution in [2.45, 2.75) is 32.1 Å². The van der Waals surface area contributed by atoms with Gasteiger partial charge in [0.25, 0.3) is 0 Å². The lowest BCUT2D eigenvalue weighted by molar-refractivity contribution is -0.129. The number of carbonyl (C=O) groups is 1. The number of hydrogen-bond acceptors (Lipinski definition) is 3. The van der Waals surface area contributed by atoms with E-state index < -0.39 is 0 Å². The summed E-state index contributed by atoms with van der Waals surface area (Å²) in [6, 6.07) is 8.63. The van der Waals surface area contributed by atoms with Gasteiger partial charge in [0.2, 0.25) is 5.91 Å². The maximum atomic E-state index is 11.6. The molecule has 0 aromatic heterocycles. The zero-order chi connectivity index (χ0) is 16.7. The second-order valence-corrected chi connectivity index (χ2v) is 8.03. The molecule has 2 aliphatic heterocycles. The number of carbonyl (C=O) groups excluding carboxylic acids is 1. The van der Waals surface area contributed by atoms with E-state index >= 15 is 0 Å². The minimum atomic E-state index is 0.191. The number of piperidine rings is 1. The number of allylic oxidation sites excluding steroid dienone is 2. The van der Waals surface area contributed by atoms with Crippen LogP contribution >= 0.6 is 11.8 Å². The van der Waals surface area contributed by atoms with Gasteiger partial charge in [-0.05, 0) is 47.8 Å². The van der Waals surface area contributed by atoms with E-state index in [4.69, 9.17) is 4.99 Å². The predicted octanol–water partition coefficient (Wildman–Crippen LogP) is 2.31. The number of likely N-dealkylation sites (tertiary alicyclic amines) is 1. The summed E-state index contributed by atoms with van der Waals surface area (Å²) in [4.78, 5) is 19.9. The summed E-state index contributed by atoms with van der Waals surface area (Å²) in [5.74, 6) is 0.664. The van der Waals surface area contributed by atoms with Gasteiger partial charge in [0.05, 0.1) is 11.1 Å². The normalized spacial score (nSPS) is 23.7. The zero-order valence-electron chi connectivity index (χ0n) is 14.2. The molecule has 1 aliphatic carbocycles. The fourth-order valence-corrected chi connectivity index (χ4v) is 4.86. The molecule has 1 saturated heterocycles. The molecule has 124 valence electrons. The van der Waals surface area contributed by atoms with Crippen molar-refractivity contribution in [2.24, 2.45) is 10.9 Å². The molecule has 0 N–H and O–H groups in total. The lowest BCUT2D eigenvalue weighted by Gasteiger charge is -2.32. The van der Waals surface area contributed by atoms with E-state index in [0.29, 0.717) is 5.92 Å². The summed E-state index contributed by atoms with van der Waals surface area (Å²) >= 11 is 1.85. The fourth-order valence-electron chi connectivity index (χ4n) is 3.91. The maximum Gasteiger partial charge on any atom is 0.219 e. The Morgan fingerprint density at radius 3 is 2.71 bits per heavy atom. The standard InChI is InChI=1S/C20H22N2OS/c1-13-21-20-18(24-13)8-7-15-5-3-4-6-17(15)19(20)16-9-11-22(12-10-16)14(2)23/h3-8,13,16H,9-12H2,1-2H3. The van der Waals surface area contributed by atoms with Gasteiger partial charge in [0.1, 0.15) is 0 Å². The van der Waals surface area contributed by atoms with E-state index in [2.05, 4.69) is 43.3 Å². The average Bonchev–Trinajstić information content (AvgIpc) is 2.88. The van der Waals surface area contributed by atoms with Crippen molar-refractivity contribution >= 4 is 35.0 Å². The van der Waals surface area contributed by atoms with Gasteiger partial charge in [-0.25, -0.2) is 0 Å². The highest BCUT2D eigenvalue weighted by Gasteiger charge is 2.31. The molecule has 1 unspecified atom stereocenters. The Hall–Kier alpha value is -1.81. The van der Waals surface area contributed by atoms with Crippen molar-refractivity contribution in [3.63, 3.8) is 0 Å². The molecule has 3 aliphatic rings. The summed E-state index contributed by atoms with van der Waals surface area (Å²) in [7, 11) is 0.